The van der Waals surface area contributed by atoms with E-state index in [1.807, 2.05) is 0 Å². The molecule has 0 fully saturated rings. The number of nitrogens with zero attached hydrogens (tertiary/aromatic N) is 1. The Hall–Kier alpha value is -0.890. The van der Waals surface area contributed by atoms with Crippen molar-refractivity contribution in [3.8, 4) is 0 Å². The molecule has 0 aliphatic heterocycles. The number of hydrogen-bond donors (Lipinski definition) is 3. The second-order valence-corrected chi connectivity index (χ2v) is 6.28. The number of sulfonamides is 1. The van der Waals surface area contributed by atoms with Gasteiger partial charge in [0, 0.05) is 12.7 Å². The summed E-state index contributed by atoms with van der Waals surface area (Å²) in [6.07, 6.45) is 5.26. The van der Waals surface area contributed by atoms with E-state index >= 15 is 0 Å². The fraction of sp³-hybridized carbons (Fsp3) is 0.545. The van der Waals surface area contributed by atoms with Crippen LogP contribution in [0.15, 0.2) is 17.2 Å². The number of pyridine rings is 1. The first-order valence-corrected chi connectivity index (χ1v) is 7.99. The third kappa shape index (κ3) is 4.94. The van der Waals surface area contributed by atoms with E-state index in [4.69, 9.17) is 17.4 Å². The highest BCUT2D eigenvalue weighted by molar-refractivity contribution is 7.89. The summed E-state index contributed by atoms with van der Waals surface area (Å²) in [6.45, 7) is 2.52. The molecule has 0 aliphatic carbocycles. The van der Waals surface area contributed by atoms with E-state index in [0.717, 1.165) is 25.7 Å². The highest BCUT2D eigenvalue weighted by Crippen LogP contribution is 2.21. The molecule has 0 aliphatic rings. The van der Waals surface area contributed by atoms with Crippen LogP contribution < -0.4 is 16.0 Å². The monoisotopic (exact) mass is 306 g/mol. The van der Waals surface area contributed by atoms with E-state index in [9.17, 15) is 8.42 Å². The Morgan fingerprint density at radius 2 is 2.11 bits per heavy atom. The highest BCUT2D eigenvalue weighted by Gasteiger charge is 2.15. The molecule has 0 atom stereocenters. The smallest absolute Gasteiger partial charge is 0.242 e. The Labute approximate surface area is 118 Å². The first-order valence-electron chi connectivity index (χ1n) is 6.13. The maximum Gasteiger partial charge on any atom is 0.242 e. The van der Waals surface area contributed by atoms with Crippen LogP contribution in [0.3, 0.4) is 0 Å². The molecule has 108 valence electrons. The number of hydrazine groups is 1. The van der Waals surface area contributed by atoms with Gasteiger partial charge in [-0.2, -0.15) is 0 Å². The van der Waals surface area contributed by atoms with E-state index < -0.39 is 10.0 Å². The van der Waals surface area contributed by atoms with Crippen LogP contribution in [0.25, 0.3) is 0 Å². The van der Waals surface area contributed by atoms with Crippen molar-refractivity contribution in [2.75, 3.05) is 12.0 Å². The van der Waals surface area contributed by atoms with Gasteiger partial charge in [0.15, 0.2) is 5.82 Å². The van der Waals surface area contributed by atoms with Gasteiger partial charge in [0.1, 0.15) is 4.90 Å². The summed E-state index contributed by atoms with van der Waals surface area (Å²) in [4.78, 5) is 3.87. The van der Waals surface area contributed by atoms with Crippen molar-refractivity contribution in [3.63, 3.8) is 0 Å². The van der Waals surface area contributed by atoms with Gasteiger partial charge in [-0.15, -0.1) is 0 Å². The largest absolute Gasteiger partial charge is 0.307 e. The molecule has 1 heterocycles. The Morgan fingerprint density at radius 1 is 1.37 bits per heavy atom. The van der Waals surface area contributed by atoms with E-state index in [2.05, 4.69) is 22.1 Å². The second-order valence-electron chi connectivity index (χ2n) is 4.10. The van der Waals surface area contributed by atoms with Crippen molar-refractivity contribution >= 4 is 27.4 Å². The molecular weight excluding hydrogens is 288 g/mol. The van der Waals surface area contributed by atoms with Gasteiger partial charge >= 0.3 is 0 Å². The number of anilines is 1. The summed E-state index contributed by atoms with van der Waals surface area (Å²) < 4.78 is 26.4. The fourth-order valence-electron chi connectivity index (χ4n) is 1.52. The first-order chi connectivity index (χ1) is 9.01. The van der Waals surface area contributed by atoms with Crippen LogP contribution in [-0.2, 0) is 10.0 Å². The maximum atomic E-state index is 12.0. The lowest BCUT2D eigenvalue weighted by Crippen LogP contribution is -2.25. The highest BCUT2D eigenvalue weighted by atomic mass is 35.5. The van der Waals surface area contributed by atoms with E-state index in [0.29, 0.717) is 6.54 Å². The lowest BCUT2D eigenvalue weighted by Gasteiger charge is -2.08. The zero-order valence-corrected chi connectivity index (χ0v) is 12.4. The number of unbranched alkanes of at least 4 members (excludes halogenated alkanes) is 3. The van der Waals surface area contributed by atoms with Gasteiger partial charge < -0.3 is 5.43 Å². The number of nitrogens with one attached hydrogen (secondary N) is 2. The standard InChI is InChI=1S/C11H19ClN4O2S/c1-2-3-4-5-6-15-19(17,18)9-7-10(12)11(16-13)14-8-9/h7-8,15H,2-6,13H2,1H3,(H,14,16). The quantitative estimate of drug-likeness (QED) is 0.387. The Morgan fingerprint density at radius 3 is 2.68 bits per heavy atom. The van der Waals surface area contributed by atoms with Crippen molar-refractivity contribution in [2.45, 2.75) is 37.5 Å². The number of rotatable bonds is 8. The zero-order chi connectivity index (χ0) is 14.3. The molecule has 1 aromatic rings. The molecule has 0 amide bonds. The summed E-state index contributed by atoms with van der Waals surface area (Å²) in [6, 6.07) is 1.32. The topological polar surface area (TPSA) is 97.1 Å². The Balaban J connectivity index is 2.64. The summed E-state index contributed by atoms with van der Waals surface area (Å²) in [5, 5.41) is 0.163. The van der Waals surface area contributed by atoms with Crippen LogP contribution in [-0.4, -0.2) is 19.9 Å². The SMILES string of the molecule is CCCCCCNS(=O)(=O)c1cnc(NN)c(Cl)c1. The number of nitrogen functional groups attached to an aromatic ring is 1. The van der Waals surface area contributed by atoms with Gasteiger partial charge in [-0.05, 0) is 12.5 Å². The molecule has 6 nitrogen and oxygen atoms in total. The number of halogens is 1. The molecule has 1 rings (SSSR count). The molecule has 0 unspecified atom stereocenters. The molecule has 0 radical (unpaired) electrons. The lowest BCUT2D eigenvalue weighted by atomic mass is 10.2. The molecular formula is C11H19ClN4O2S. The second kappa shape index (κ2) is 7.64. The van der Waals surface area contributed by atoms with Gasteiger partial charge in [-0.25, -0.2) is 24.0 Å². The van der Waals surface area contributed by atoms with Crippen molar-refractivity contribution < 1.29 is 8.42 Å². The molecule has 8 heteroatoms. The maximum absolute atomic E-state index is 12.0. The van der Waals surface area contributed by atoms with Crippen LogP contribution in [0.4, 0.5) is 5.82 Å². The summed E-state index contributed by atoms with van der Waals surface area (Å²) in [7, 11) is -3.56. The Kier molecular flexibility index (Phi) is 6.50. The molecule has 19 heavy (non-hydrogen) atoms. The van der Waals surface area contributed by atoms with E-state index in [-0.39, 0.29) is 15.7 Å². The molecule has 4 N–H and O–H groups in total. The average molecular weight is 307 g/mol. The third-order valence-corrected chi connectivity index (χ3v) is 4.30. The van der Waals surface area contributed by atoms with E-state index in [1.165, 1.54) is 12.3 Å². The van der Waals surface area contributed by atoms with Crippen molar-refractivity contribution in [1.82, 2.24) is 9.71 Å². The summed E-state index contributed by atoms with van der Waals surface area (Å²) in [5.74, 6) is 5.41. The van der Waals surface area contributed by atoms with Crippen LogP contribution in [0, 0.1) is 0 Å². The Bertz CT molecular complexity index is 507. The van der Waals surface area contributed by atoms with Gasteiger partial charge in [0.25, 0.3) is 0 Å². The molecule has 0 bridgehead atoms. The summed E-state index contributed by atoms with van der Waals surface area (Å²) >= 11 is 5.84. The molecule has 0 spiro atoms. The number of nitrogens with two attached hydrogens (primary N) is 1. The molecule has 1 aromatic heterocycles. The summed E-state index contributed by atoms with van der Waals surface area (Å²) in [5.41, 5.74) is 2.28. The van der Waals surface area contributed by atoms with Gasteiger partial charge in [0.2, 0.25) is 10.0 Å². The molecule has 0 saturated carbocycles. The minimum atomic E-state index is -3.56. The fourth-order valence-corrected chi connectivity index (χ4v) is 2.84. The molecule has 0 aromatic carbocycles. The lowest BCUT2D eigenvalue weighted by molar-refractivity contribution is 0.573. The van der Waals surface area contributed by atoms with Crippen molar-refractivity contribution in [2.24, 2.45) is 5.84 Å². The van der Waals surface area contributed by atoms with Gasteiger partial charge in [-0.1, -0.05) is 37.8 Å². The first kappa shape index (κ1) is 16.2. The third-order valence-electron chi connectivity index (χ3n) is 2.59. The van der Waals surface area contributed by atoms with Crippen molar-refractivity contribution in [1.29, 1.82) is 0 Å². The number of aromatic nitrogens is 1. The van der Waals surface area contributed by atoms with Crippen molar-refractivity contribution in [3.05, 3.63) is 17.3 Å². The van der Waals surface area contributed by atoms with Gasteiger partial charge in [-0.3, -0.25) is 0 Å². The average Bonchev–Trinajstić information content (AvgIpc) is 2.38. The predicted octanol–water partition coefficient (Wildman–Crippen LogP) is 1.88. The zero-order valence-electron chi connectivity index (χ0n) is 10.8. The van der Waals surface area contributed by atoms with Crippen LogP contribution in [0.5, 0.6) is 0 Å². The van der Waals surface area contributed by atoms with Crippen LogP contribution >= 0.6 is 11.6 Å². The van der Waals surface area contributed by atoms with Crippen LogP contribution in [0.2, 0.25) is 5.02 Å². The molecule has 0 saturated heterocycles. The minimum Gasteiger partial charge on any atom is -0.307 e. The van der Waals surface area contributed by atoms with Crippen LogP contribution in [0.1, 0.15) is 32.6 Å². The normalized spacial score (nSPS) is 11.5. The van der Waals surface area contributed by atoms with E-state index in [1.54, 1.807) is 0 Å². The minimum absolute atomic E-state index is 0.0343. The predicted molar refractivity (Wildman–Crippen MR) is 76.4 cm³/mol. The number of hydrogen-bond acceptors (Lipinski definition) is 5. The van der Waals surface area contributed by atoms with Gasteiger partial charge in [0.05, 0.1) is 5.02 Å².